The number of nitrogens with zero attached hydrogens (tertiary/aromatic N) is 1. The summed E-state index contributed by atoms with van der Waals surface area (Å²) in [4.78, 5) is 37.4. The van der Waals surface area contributed by atoms with Gasteiger partial charge in [0.1, 0.15) is 13.2 Å². The minimum Gasteiger partial charge on any atom is -0.545 e. The second-order valence-corrected chi connectivity index (χ2v) is 23.0. The predicted octanol–water partition coefficient (Wildman–Crippen LogP) is 18.2. The maximum Gasteiger partial charge on any atom is 0.306 e. The lowest BCUT2D eigenvalue weighted by molar-refractivity contribution is -0.870. The third-order valence-corrected chi connectivity index (χ3v) is 14.2. The van der Waals surface area contributed by atoms with Crippen LogP contribution in [0.5, 0.6) is 0 Å². The quantitative estimate of drug-likeness (QED) is 0.0195. The largest absolute Gasteiger partial charge is 0.545 e. The van der Waals surface area contributed by atoms with Gasteiger partial charge >= 0.3 is 11.9 Å². The number of hydrogen-bond donors (Lipinski definition) is 0. The van der Waals surface area contributed by atoms with Crippen molar-refractivity contribution in [2.45, 2.75) is 309 Å². The molecule has 2 atom stereocenters. The van der Waals surface area contributed by atoms with Gasteiger partial charge in [-0.25, -0.2) is 0 Å². The highest BCUT2D eigenvalue weighted by atomic mass is 16.7. The molecule has 0 aliphatic carbocycles. The number of carbonyl (C=O) groups excluding carboxylic acids is 3. The second kappa shape index (κ2) is 59.1. The van der Waals surface area contributed by atoms with Crippen LogP contribution in [0.2, 0.25) is 0 Å². The Kier molecular flexibility index (Phi) is 56.8. The average molecular weight is 1080 g/mol. The summed E-state index contributed by atoms with van der Waals surface area (Å²) in [6, 6.07) is 0. The zero-order valence-electron chi connectivity index (χ0n) is 51.1. The van der Waals surface area contributed by atoms with Gasteiger partial charge in [0, 0.05) is 12.8 Å². The van der Waals surface area contributed by atoms with Crippen molar-refractivity contribution >= 4 is 17.9 Å². The summed E-state index contributed by atoms with van der Waals surface area (Å²) >= 11 is 0. The van der Waals surface area contributed by atoms with E-state index in [9.17, 15) is 19.5 Å². The van der Waals surface area contributed by atoms with Gasteiger partial charge in [0.25, 0.3) is 0 Å². The van der Waals surface area contributed by atoms with E-state index in [0.29, 0.717) is 23.9 Å². The predicted molar refractivity (Wildman–Crippen MR) is 325 cm³/mol. The lowest BCUT2D eigenvalue weighted by Gasteiger charge is -2.26. The van der Waals surface area contributed by atoms with Crippen LogP contribution in [0.15, 0.2) is 60.8 Å². The highest BCUT2D eigenvalue weighted by molar-refractivity contribution is 5.70. The van der Waals surface area contributed by atoms with Crippen LogP contribution in [-0.4, -0.2) is 82.3 Å². The molecule has 0 rings (SSSR count). The fraction of sp³-hybridized carbons (Fsp3) is 0.809. The van der Waals surface area contributed by atoms with Gasteiger partial charge < -0.3 is 33.3 Å². The van der Waals surface area contributed by atoms with E-state index in [4.69, 9.17) is 18.9 Å². The van der Waals surface area contributed by atoms with Crippen LogP contribution in [0, 0.1) is 0 Å². The number of likely N-dealkylation sites (N-methyl/N-ethyl adjacent to an activating group) is 1. The number of ether oxygens (including phenoxy) is 4. The number of esters is 2. The summed E-state index contributed by atoms with van der Waals surface area (Å²) in [5.41, 5.74) is 0. The Hall–Kier alpha value is -3.01. The molecular weight excluding hydrogens is 959 g/mol. The number of carboxylic acids is 1. The summed E-state index contributed by atoms with van der Waals surface area (Å²) in [7, 11) is 5.93. The maximum atomic E-state index is 12.9. The van der Waals surface area contributed by atoms with E-state index in [1.165, 1.54) is 205 Å². The van der Waals surface area contributed by atoms with Gasteiger partial charge in [0.2, 0.25) is 0 Å². The van der Waals surface area contributed by atoms with Gasteiger partial charge in [-0.2, -0.15) is 0 Å². The highest BCUT2D eigenvalue weighted by Crippen LogP contribution is 2.17. The van der Waals surface area contributed by atoms with E-state index in [-0.39, 0.29) is 32.2 Å². The van der Waals surface area contributed by atoms with Gasteiger partial charge in [-0.3, -0.25) is 9.59 Å². The number of hydrogen-bond acceptors (Lipinski definition) is 8. The number of aliphatic carboxylic acids is 1. The molecule has 0 aliphatic heterocycles. The zero-order chi connectivity index (χ0) is 56.2. The van der Waals surface area contributed by atoms with Gasteiger partial charge in [0.15, 0.2) is 12.4 Å². The van der Waals surface area contributed by atoms with Crippen molar-refractivity contribution in [1.29, 1.82) is 0 Å². The Labute approximate surface area is 475 Å². The lowest BCUT2D eigenvalue weighted by Crippen LogP contribution is -2.44. The van der Waals surface area contributed by atoms with E-state index in [0.717, 1.165) is 57.8 Å². The smallest absolute Gasteiger partial charge is 0.306 e. The van der Waals surface area contributed by atoms with Crippen molar-refractivity contribution in [3.63, 3.8) is 0 Å². The maximum absolute atomic E-state index is 12.9. The first kappa shape index (κ1) is 74.0. The average Bonchev–Trinajstić information content (AvgIpc) is 3.40. The molecule has 448 valence electrons. The molecule has 77 heavy (non-hydrogen) atoms. The Balaban J connectivity index is 4.17. The SMILES string of the molecule is CCCCCCC/C=C\C/C=C\C/C=C\CCCCCCCCCCCCCCC(=O)OC(COC(=O)CCCCCCCCCCCCCCC/C=C\C/C=C\CCCCCCC)COC(OCC[N+](C)(C)C)C(=O)[O-]. The molecule has 0 bridgehead atoms. The summed E-state index contributed by atoms with van der Waals surface area (Å²) in [5, 5.41) is 11.8. The van der Waals surface area contributed by atoms with Crippen molar-refractivity contribution in [3.8, 4) is 0 Å². The van der Waals surface area contributed by atoms with Crippen molar-refractivity contribution in [2.24, 2.45) is 0 Å². The van der Waals surface area contributed by atoms with Gasteiger partial charge in [-0.05, 0) is 83.5 Å². The zero-order valence-corrected chi connectivity index (χ0v) is 51.1. The first-order valence-corrected chi connectivity index (χ1v) is 32.4. The van der Waals surface area contributed by atoms with Crippen molar-refractivity contribution in [2.75, 3.05) is 47.5 Å². The molecule has 0 aromatic rings. The van der Waals surface area contributed by atoms with Gasteiger partial charge in [-0.15, -0.1) is 0 Å². The molecule has 0 fully saturated rings. The molecule has 0 heterocycles. The van der Waals surface area contributed by atoms with Crippen LogP contribution in [0.1, 0.15) is 296 Å². The Morgan fingerprint density at radius 2 is 0.701 bits per heavy atom. The van der Waals surface area contributed by atoms with Gasteiger partial charge in [0.05, 0.1) is 40.3 Å². The van der Waals surface area contributed by atoms with E-state index in [2.05, 4.69) is 74.6 Å². The molecule has 0 saturated carbocycles. The normalized spacial score (nSPS) is 13.1. The number of carboxylic acid groups (broad SMARTS) is 1. The highest BCUT2D eigenvalue weighted by Gasteiger charge is 2.22. The van der Waals surface area contributed by atoms with E-state index in [1.54, 1.807) is 0 Å². The first-order chi connectivity index (χ1) is 37.6. The number of allylic oxidation sites excluding steroid dienone is 10. The molecule has 2 unspecified atom stereocenters. The first-order valence-electron chi connectivity index (χ1n) is 32.4. The minimum atomic E-state index is -1.62. The van der Waals surface area contributed by atoms with E-state index >= 15 is 0 Å². The van der Waals surface area contributed by atoms with Crippen molar-refractivity contribution in [3.05, 3.63) is 60.8 Å². The minimum absolute atomic E-state index is 0.146. The fourth-order valence-corrected chi connectivity index (χ4v) is 9.22. The molecule has 0 saturated heterocycles. The van der Waals surface area contributed by atoms with Crippen LogP contribution in [0.25, 0.3) is 0 Å². The third-order valence-electron chi connectivity index (χ3n) is 14.2. The standard InChI is InChI=1S/C68H123NO8/c1-6-8-10-12-14-16-18-20-22-24-26-28-30-32-33-35-37-39-41-43-45-47-49-51-53-55-57-59-66(71)77-64(63-76-68(67(72)73)74-61-60-69(3,4)5)62-75-65(70)58-56-54-52-50-48-46-44-42-40-38-36-34-31-29-27-25-23-21-19-17-15-13-11-9-7-2/h18-21,24-27,30,32,64,68H,6-17,22-23,28-29,31,33-63H2,1-5H3/b20-18-,21-19-,26-24-,27-25-,32-30-. The van der Waals surface area contributed by atoms with Crippen molar-refractivity contribution < 1.29 is 42.9 Å². The molecule has 0 aromatic heterocycles. The second-order valence-electron chi connectivity index (χ2n) is 23.0. The molecule has 0 spiro atoms. The molecule has 0 aliphatic rings. The summed E-state index contributed by atoms with van der Waals surface area (Å²) in [6.45, 7) is 4.76. The number of quaternary nitrogens is 1. The monoisotopic (exact) mass is 1080 g/mol. The topological polar surface area (TPSA) is 111 Å². The van der Waals surface area contributed by atoms with Crippen LogP contribution in [0.3, 0.4) is 0 Å². The van der Waals surface area contributed by atoms with Crippen molar-refractivity contribution in [1.82, 2.24) is 0 Å². The fourth-order valence-electron chi connectivity index (χ4n) is 9.22. The molecule has 0 aromatic carbocycles. The number of rotatable bonds is 60. The van der Waals surface area contributed by atoms with E-state index < -0.39 is 24.3 Å². The van der Waals surface area contributed by atoms with Gasteiger partial charge in [-0.1, -0.05) is 261 Å². The van der Waals surface area contributed by atoms with Crippen LogP contribution >= 0.6 is 0 Å². The molecule has 9 nitrogen and oxygen atoms in total. The Morgan fingerprint density at radius 1 is 0.390 bits per heavy atom. The van der Waals surface area contributed by atoms with E-state index in [1.807, 2.05) is 21.1 Å². The third kappa shape index (κ3) is 60.5. The number of carbonyl (C=O) groups is 3. The summed E-state index contributed by atoms with van der Waals surface area (Å²) < 4.78 is 22.8. The lowest BCUT2D eigenvalue weighted by atomic mass is 10.0. The van der Waals surface area contributed by atoms with Crippen LogP contribution in [0.4, 0.5) is 0 Å². The number of unbranched alkanes of at least 4 members (excludes halogenated alkanes) is 35. The Bertz CT molecular complexity index is 1450. The Morgan fingerprint density at radius 3 is 1.04 bits per heavy atom. The summed E-state index contributed by atoms with van der Waals surface area (Å²) in [6.07, 6.45) is 72.8. The molecule has 0 radical (unpaired) electrons. The molecule has 0 amide bonds. The summed E-state index contributed by atoms with van der Waals surface area (Å²) in [5.74, 6) is -2.27. The van der Waals surface area contributed by atoms with Crippen LogP contribution < -0.4 is 5.11 Å². The molecule has 0 N–H and O–H groups in total. The van der Waals surface area contributed by atoms with Crippen LogP contribution in [-0.2, 0) is 33.3 Å². The molecular formula is C68H123NO8. The molecule has 9 heteroatoms.